The second-order valence-corrected chi connectivity index (χ2v) is 10.0. The summed E-state index contributed by atoms with van der Waals surface area (Å²) in [4.78, 5) is 37.1. The largest absolute Gasteiger partial charge is 0.352 e. The normalized spacial score (nSPS) is 16.8. The fourth-order valence-corrected chi connectivity index (χ4v) is 5.49. The maximum Gasteiger partial charge on any atom is 0.251 e. The number of anilines is 1. The molecule has 2 aliphatic heterocycles. The average molecular weight is 456 g/mol. The molecule has 0 aromatic heterocycles. The van der Waals surface area contributed by atoms with Gasteiger partial charge in [-0.25, -0.2) is 8.42 Å². The van der Waals surface area contributed by atoms with E-state index in [4.69, 9.17) is 0 Å². The highest BCUT2D eigenvalue weighted by molar-refractivity contribution is 7.89. The van der Waals surface area contributed by atoms with Crippen molar-refractivity contribution in [2.45, 2.75) is 32.2 Å². The molecule has 0 aliphatic carbocycles. The summed E-state index contributed by atoms with van der Waals surface area (Å²) in [7, 11) is -3.40. The van der Waals surface area contributed by atoms with Crippen LogP contribution in [0.5, 0.6) is 0 Å². The number of carbonyl (C=O) groups is 3. The number of sulfonamides is 1. The molecule has 0 radical (unpaired) electrons. The second kappa shape index (κ2) is 9.22. The van der Waals surface area contributed by atoms with Crippen molar-refractivity contribution in [3.8, 4) is 0 Å². The summed E-state index contributed by atoms with van der Waals surface area (Å²) >= 11 is 0. The third-order valence-electron chi connectivity index (χ3n) is 5.79. The predicted molar refractivity (Wildman–Crippen MR) is 119 cm³/mol. The van der Waals surface area contributed by atoms with E-state index in [1.54, 1.807) is 24.3 Å². The number of benzene rings is 2. The maximum absolute atomic E-state index is 12.7. The van der Waals surface area contributed by atoms with Crippen LogP contribution < -0.4 is 10.2 Å². The molecule has 1 saturated heterocycles. The van der Waals surface area contributed by atoms with Gasteiger partial charge in [0.25, 0.3) is 5.91 Å². The Balaban J connectivity index is 1.26. The van der Waals surface area contributed by atoms with Crippen LogP contribution in [0.1, 0.15) is 40.7 Å². The summed E-state index contributed by atoms with van der Waals surface area (Å²) in [5.74, 6) is -0.857. The van der Waals surface area contributed by atoms with Crippen molar-refractivity contribution >= 4 is 33.4 Å². The van der Waals surface area contributed by atoms with Crippen molar-refractivity contribution in [1.82, 2.24) is 9.62 Å². The molecule has 0 bridgehead atoms. The number of hydrogen-bond acceptors (Lipinski definition) is 5. The van der Waals surface area contributed by atoms with Gasteiger partial charge in [-0.1, -0.05) is 24.3 Å². The van der Waals surface area contributed by atoms with E-state index in [0.29, 0.717) is 37.2 Å². The Morgan fingerprint density at radius 1 is 0.906 bits per heavy atom. The zero-order chi connectivity index (χ0) is 22.7. The van der Waals surface area contributed by atoms with E-state index in [-0.39, 0.29) is 42.9 Å². The Hall–Kier alpha value is -3.04. The van der Waals surface area contributed by atoms with Crippen LogP contribution >= 0.6 is 0 Å². The Kier molecular flexibility index (Phi) is 6.38. The van der Waals surface area contributed by atoms with Gasteiger partial charge in [-0.05, 0) is 48.2 Å². The van der Waals surface area contributed by atoms with Gasteiger partial charge in [0, 0.05) is 38.0 Å². The van der Waals surface area contributed by atoms with Gasteiger partial charge in [0.1, 0.15) is 0 Å². The summed E-state index contributed by atoms with van der Waals surface area (Å²) in [5, 5.41) is 2.73. The van der Waals surface area contributed by atoms with Crippen LogP contribution in [0.2, 0.25) is 0 Å². The molecule has 4 rings (SSSR count). The van der Waals surface area contributed by atoms with Gasteiger partial charge in [-0.15, -0.1) is 0 Å². The smallest absolute Gasteiger partial charge is 0.251 e. The average Bonchev–Trinajstić information content (AvgIpc) is 3.14. The second-order valence-electron chi connectivity index (χ2n) is 7.95. The maximum atomic E-state index is 12.7. The van der Waals surface area contributed by atoms with Gasteiger partial charge in [-0.2, -0.15) is 4.31 Å². The minimum absolute atomic E-state index is 0.0342. The number of carbonyl (C=O) groups excluding carboxylic acids is 3. The molecule has 8 nitrogen and oxygen atoms in total. The molecule has 2 aromatic carbocycles. The molecule has 2 heterocycles. The highest BCUT2D eigenvalue weighted by atomic mass is 32.2. The highest BCUT2D eigenvalue weighted by Gasteiger charge is 2.30. The van der Waals surface area contributed by atoms with Gasteiger partial charge >= 0.3 is 0 Å². The first-order chi connectivity index (χ1) is 15.3. The summed E-state index contributed by atoms with van der Waals surface area (Å²) in [5.41, 5.74) is 3.05. The number of rotatable bonds is 7. The third-order valence-corrected chi connectivity index (χ3v) is 7.70. The molecule has 2 aliphatic rings. The van der Waals surface area contributed by atoms with Crippen molar-refractivity contribution in [2.24, 2.45) is 0 Å². The number of fused-ring (bicyclic) bond motifs is 1. The number of hydrogen-bond donors (Lipinski definition) is 1. The van der Waals surface area contributed by atoms with Crippen LogP contribution in [0.3, 0.4) is 0 Å². The molecule has 168 valence electrons. The van der Waals surface area contributed by atoms with Gasteiger partial charge < -0.3 is 5.32 Å². The van der Waals surface area contributed by atoms with Crippen LogP contribution in [0.4, 0.5) is 5.69 Å². The molecule has 3 amide bonds. The lowest BCUT2D eigenvalue weighted by molar-refractivity contribution is -0.121. The molecule has 0 unspecified atom stereocenters. The minimum Gasteiger partial charge on any atom is -0.352 e. The quantitative estimate of drug-likeness (QED) is 0.507. The van der Waals surface area contributed by atoms with E-state index < -0.39 is 10.0 Å². The Labute approximate surface area is 187 Å². The number of amides is 3. The molecule has 0 spiro atoms. The summed E-state index contributed by atoms with van der Waals surface area (Å²) < 4.78 is 26.9. The first-order valence-electron chi connectivity index (χ1n) is 10.6. The lowest BCUT2D eigenvalue weighted by Gasteiger charge is -2.28. The fraction of sp³-hybridized carbons (Fsp3) is 0.348. The van der Waals surface area contributed by atoms with E-state index >= 15 is 0 Å². The number of imide groups is 1. The van der Waals surface area contributed by atoms with Crippen LogP contribution in [-0.4, -0.2) is 49.3 Å². The molecule has 32 heavy (non-hydrogen) atoms. The fourth-order valence-electron chi connectivity index (χ4n) is 4.02. The predicted octanol–water partition coefficient (Wildman–Crippen LogP) is 1.85. The topological polar surface area (TPSA) is 104 Å². The first-order valence-corrected chi connectivity index (χ1v) is 12.2. The summed E-state index contributed by atoms with van der Waals surface area (Å²) in [6.07, 6.45) is 1.42. The standard InChI is InChI=1S/C23H25N3O5S/c27-21-10-11-22(28)26(21)20-8-6-18(7-9-20)23(29)24-13-3-15-32(30,31)25-14-12-17-4-1-2-5-19(17)16-25/h1-2,4-9H,3,10-16H2,(H,24,29). The molecule has 1 N–H and O–H groups in total. The summed E-state index contributed by atoms with van der Waals surface area (Å²) in [6.45, 7) is 1.09. The first kappa shape index (κ1) is 22.2. The van der Waals surface area contributed by atoms with E-state index in [0.717, 1.165) is 10.5 Å². The number of nitrogens with one attached hydrogen (secondary N) is 1. The van der Waals surface area contributed by atoms with Crippen LogP contribution in [-0.2, 0) is 32.6 Å². The van der Waals surface area contributed by atoms with Crippen molar-refractivity contribution in [2.75, 3.05) is 23.7 Å². The van der Waals surface area contributed by atoms with Crippen LogP contribution in [0.25, 0.3) is 0 Å². The Morgan fingerprint density at radius 2 is 1.56 bits per heavy atom. The lowest BCUT2D eigenvalue weighted by Crippen LogP contribution is -2.38. The van der Waals surface area contributed by atoms with Crippen molar-refractivity contribution in [3.63, 3.8) is 0 Å². The highest BCUT2D eigenvalue weighted by Crippen LogP contribution is 2.23. The molecule has 0 saturated carbocycles. The van der Waals surface area contributed by atoms with Gasteiger partial charge in [-0.3, -0.25) is 19.3 Å². The molecule has 0 atom stereocenters. The number of nitrogens with zero attached hydrogens (tertiary/aromatic N) is 2. The van der Waals surface area contributed by atoms with Gasteiger partial charge in [0.2, 0.25) is 21.8 Å². The van der Waals surface area contributed by atoms with Crippen LogP contribution in [0, 0.1) is 0 Å². The van der Waals surface area contributed by atoms with Crippen molar-refractivity contribution in [1.29, 1.82) is 0 Å². The lowest BCUT2D eigenvalue weighted by atomic mass is 10.0. The van der Waals surface area contributed by atoms with Gasteiger partial charge in [0.15, 0.2) is 0 Å². The molecule has 2 aromatic rings. The van der Waals surface area contributed by atoms with Crippen molar-refractivity contribution in [3.05, 3.63) is 65.2 Å². The molecular formula is C23H25N3O5S. The van der Waals surface area contributed by atoms with E-state index in [9.17, 15) is 22.8 Å². The van der Waals surface area contributed by atoms with E-state index in [1.807, 2.05) is 24.3 Å². The van der Waals surface area contributed by atoms with Gasteiger partial charge in [0.05, 0.1) is 11.4 Å². The Morgan fingerprint density at radius 3 is 2.25 bits per heavy atom. The van der Waals surface area contributed by atoms with Crippen molar-refractivity contribution < 1.29 is 22.8 Å². The monoisotopic (exact) mass is 455 g/mol. The zero-order valence-electron chi connectivity index (χ0n) is 17.6. The molecular weight excluding hydrogens is 430 g/mol. The van der Waals surface area contributed by atoms with E-state index in [1.165, 1.54) is 9.87 Å². The zero-order valence-corrected chi connectivity index (χ0v) is 18.4. The SMILES string of the molecule is O=C(NCCCS(=O)(=O)N1CCc2ccccc2C1)c1ccc(N2C(=O)CCC2=O)cc1. The third kappa shape index (κ3) is 4.73. The molecule has 9 heteroatoms. The summed E-state index contributed by atoms with van der Waals surface area (Å²) in [6, 6.07) is 14.1. The molecule has 1 fully saturated rings. The minimum atomic E-state index is -3.40. The van der Waals surface area contributed by atoms with E-state index in [2.05, 4.69) is 5.32 Å². The van der Waals surface area contributed by atoms with Crippen LogP contribution in [0.15, 0.2) is 48.5 Å². The Bertz CT molecular complexity index is 1130.